The Bertz CT molecular complexity index is 334. The SMILES string of the molecule is CCN(CCNC(=O)/C=N\O)C1CC2CCCC(C2)C1. The van der Waals surface area contributed by atoms with Crippen LogP contribution in [0.25, 0.3) is 0 Å². The number of oxime groups is 1. The zero-order valence-corrected chi connectivity index (χ0v) is 12.4. The van der Waals surface area contributed by atoms with Crippen LogP contribution in [-0.4, -0.2) is 47.9 Å². The monoisotopic (exact) mass is 281 g/mol. The third kappa shape index (κ3) is 4.20. The van der Waals surface area contributed by atoms with Gasteiger partial charge < -0.3 is 10.5 Å². The number of carbonyl (C=O) groups excluding carboxylic acids is 1. The molecule has 0 saturated heterocycles. The van der Waals surface area contributed by atoms with Crippen LogP contribution < -0.4 is 5.32 Å². The maximum absolute atomic E-state index is 11.2. The quantitative estimate of drug-likeness (QED) is 0.444. The van der Waals surface area contributed by atoms with Crippen molar-refractivity contribution >= 4 is 12.1 Å². The Hall–Kier alpha value is -1.10. The first kappa shape index (κ1) is 15.3. The average molecular weight is 281 g/mol. The van der Waals surface area contributed by atoms with Gasteiger partial charge in [-0.15, -0.1) is 0 Å². The summed E-state index contributed by atoms with van der Waals surface area (Å²) in [6.45, 7) is 4.73. The molecule has 5 nitrogen and oxygen atoms in total. The summed E-state index contributed by atoms with van der Waals surface area (Å²) in [6, 6.07) is 0.687. The maximum Gasteiger partial charge on any atom is 0.265 e. The molecule has 0 heterocycles. The summed E-state index contributed by atoms with van der Waals surface area (Å²) in [5, 5.41) is 13.8. The number of nitrogens with zero attached hydrogens (tertiary/aromatic N) is 2. The highest BCUT2D eigenvalue weighted by Crippen LogP contribution is 2.41. The highest BCUT2D eigenvalue weighted by atomic mass is 16.4. The van der Waals surface area contributed by atoms with E-state index >= 15 is 0 Å². The molecule has 2 unspecified atom stereocenters. The van der Waals surface area contributed by atoms with Gasteiger partial charge in [0.1, 0.15) is 6.21 Å². The molecule has 2 fully saturated rings. The fourth-order valence-electron chi connectivity index (χ4n) is 4.01. The zero-order valence-electron chi connectivity index (χ0n) is 12.4. The van der Waals surface area contributed by atoms with Crippen LogP contribution in [0.3, 0.4) is 0 Å². The van der Waals surface area contributed by atoms with Crippen molar-refractivity contribution in [2.45, 2.75) is 51.5 Å². The number of hydrogen-bond donors (Lipinski definition) is 2. The molecular formula is C15H27N3O2. The van der Waals surface area contributed by atoms with E-state index < -0.39 is 0 Å². The number of fused-ring (bicyclic) bond motifs is 2. The molecule has 114 valence electrons. The summed E-state index contributed by atoms with van der Waals surface area (Å²) < 4.78 is 0. The molecular weight excluding hydrogens is 254 g/mol. The third-order valence-corrected chi connectivity index (χ3v) is 4.90. The Morgan fingerprint density at radius 1 is 1.35 bits per heavy atom. The van der Waals surface area contributed by atoms with E-state index in [0.29, 0.717) is 12.6 Å². The van der Waals surface area contributed by atoms with Gasteiger partial charge in [0.05, 0.1) is 0 Å². The lowest BCUT2D eigenvalue weighted by Gasteiger charge is -2.43. The number of nitrogens with one attached hydrogen (secondary N) is 1. The van der Waals surface area contributed by atoms with E-state index in [1.807, 2.05) is 0 Å². The van der Waals surface area contributed by atoms with Crippen LogP contribution in [-0.2, 0) is 4.79 Å². The molecule has 0 spiro atoms. The minimum atomic E-state index is -0.330. The predicted molar refractivity (Wildman–Crippen MR) is 79.0 cm³/mol. The predicted octanol–water partition coefficient (Wildman–Crippen LogP) is 1.85. The molecule has 2 N–H and O–H groups in total. The summed E-state index contributed by atoms with van der Waals surface area (Å²) in [4.78, 5) is 13.7. The highest BCUT2D eigenvalue weighted by molar-refractivity contribution is 6.25. The van der Waals surface area contributed by atoms with E-state index in [1.165, 1.54) is 38.5 Å². The van der Waals surface area contributed by atoms with E-state index in [4.69, 9.17) is 5.21 Å². The molecule has 1 amide bonds. The van der Waals surface area contributed by atoms with E-state index in [-0.39, 0.29) is 5.91 Å². The fourth-order valence-corrected chi connectivity index (χ4v) is 4.01. The summed E-state index contributed by atoms with van der Waals surface area (Å²) in [7, 11) is 0. The first-order chi connectivity index (χ1) is 9.72. The minimum Gasteiger partial charge on any atom is -0.411 e. The van der Waals surface area contributed by atoms with Crippen LogP contribution in [0.5, 0.6) is 0 Å². The van der Waals surface area contributed by atoms with Crippen molar-refractivity contribution < 1.29 is 10.0 Å². The molecule has 2 rings (SSSR count). The summed E-state index contributed by atoms with van der Waals surface area (Å²) in [6.07, 6.45) is 9.25. The van der Waals surface area contributed by atoms with Crippen molar-refractivity contribution in [1.29, 1.82) is 0 Å². The molecule has 2 atom stereocenters. The van der Waals surface area contributed by atoms with Gasteiger partial charge in [0.25, 0.3) is 5.91 Å². The number of amides is 1. The molecule has 2 bridgehead atoms. The number of carbonyl (C=O) groups is 1. The second-order valence-corrected chi connectivity index (χ2v) is 6.19. The first-order valence-electron chi connectivity index (χ1n) is 7.92. The highest BCUT2D eigenvalue weighted by Gasteiger charge is 2.33. The molecule has 2 saturated carbocycles. The Morgan fingerprint density at radius 3 is 2.65 bits per heavy atom. The van der Waals surface area contributed by atoms with Gasteiger partial charge in [0, 0.05) is 19.1 Å². The Labute approximate surface area is 121 Å². The lowest BCUT2D eigenvalue weighted by atomic mass is 9.70. The van der Waals surface area contributed by atoms with Crippen molar-refractivity contribution in [3.8, 4) is 0 Å². The van der Waals surface area contributed by atoms with E-state index in [0.717, 1.165) is 31.1 Å². The van der Waals surface area contributed by atoms with Gasteiger partial charge in [-0.05, 0) is 37.6 Å². The largest absolute Gasteiger partial charge is 0.411 e. The molecule has 5 heteroatoms. The lowest BCUT2D eigenvalue weighted by Crippen LogP contribution is -2.45. The summed E-state index contributed by atoms with van der Waals surface area (Å²) in [5.41, 5.74) is 0. The van der Waals surface area contributed by atoms with Crippen LogP contribution in [0.1, 0.15) is 45.4 Å². The van der Waals surface area contributed by atoms with Crippen LogP contribution in [0.15, 0.2) is 5.16 Å². The summed E-state index contributed by atoms with van der Waals surface area (Å²) >= 11 is 0. The van der Waals surface area contributed by atoms with Gasteiger partial charge in [0.2, 0.25) is 0 Å². The average Bonchev–Trinajstić information content (AvgIpc) is 2.43. The van der Waals surface area contributed by atoms with Crippen LogP contribution in [0, 0.1) is 11.8 Å². The molecule has 20 heavy (non-hydrogen) atoms. The summed E-state index contributed by atoms with van der Waals surface area (Å²) in [5.74, 6) is 1.53. The van der Waals surface area contributed by atoms with Crippen molar-refractivity contribution in [3.05, 3.63) is 0 Å². The van der Waals surface area contributed by atoms with Crippen LogP contribution >= 0.6 is 0 Å². The molecule has 0 radical (unpaired) electrons. The van der Waals surface area contributed by atoms with Crippen molar-refractivity contribution in [1.82, 2.24) is 10.2 Å². The number of likely N-dealkylation sites (N-methyl/N-ethyl adjacent to an activating group) is 1. The molecule has 0 aliphatic heterocycles. The van der Waals surface area contributed by atoms with E-state index in [9.17, 15) is 4.79 Å². The molecule has 0 aromatic heterocycles. The molecule has 0 aromatic carbocycles. The topological polar surface area (TPSA) is 64.9 Å². The Kier molecular flexibility index (Phi) is 5.83. The van der Waals surface area contributed by atoms with Crippen molar-refractivity contribution in [2.75, 3.05) is 19.6 Å². The van der Waals surface area contributed by atoms with Gasteiger partial charge in [0.15, 0.2) is 0 Å². The van der Waals surface area contributed by atoms with Crippen molar-refractivity contribution in [2.24, 2.45) is 17.0 Å². The number of hydrogen-bond acceptors (Lipinski definition) is 4. The van der Waals surface area contributed by atoms with Gasteiger partial charge in [-0.3, -0.25) is 9.69 Å². The Balaban J connectivity index is 1.77. The van der Waals surface area contributed by atoms with Gasteiger partial charge in [-0.25, -0.2) is 0 Å². The minimum absolute atomic E-state index is 0.330. The van der Waals surface area contributed by atoms with Crippen LogP contribution in [0.2, 0.25) is 0 Å². The van der Waals surface area contributed by atoms with Gasteiger partial charge >= 0.3 is 0 Å². The first-order valence-corrected chi connectivity index (χ1v) is 7.92. The Morgan fingerprint density at radius 2 is 2.05 bits per heavy atom. The molecule has 2 aliphatic rings. The fraction of sp³-hybridized carbons (Fsp3) is 0.867. The second kappa shape index (κ2) is 7.62. The lowest BCUT2D eigenvalue weighted by molar-refractivity contribution is -0.114. The zero-order chi connectivity index (χ0) is 14.4. The van der Waals surface area contributed by atoms with E-state index in [1.54, 1.807) is 0 Å². The van der Waals surface area contributed by atoms with Gasteiger partial charge in [-0.2, -0.15) is 0 Å². The molecule has 0 aromatic rings. The van der Waals surface area contributed by atoms with Gasteiger partial charge in [-0.1, -0.05) is 31.3 Å². The standard InChI is InChI=1S/C15H27N3O2/c1-2-18(7-6-16-15(19)11-17-20)14-9-12-4-3-5-13(8-12)10-14/h11-14,20H,2-10H2,1H3,(H,16,19)/b17-11-. The maximum atomic E-state index is 11.2. The van der Waals surface area contributed by atoms with E-state index in [2.05, 4.69) is 22.3 Å². The van der Waals surface area contributed by atoms with Crippen LogP contribution in [0.4, 0.5) is 0 Å². The van der Waals surface area contributed by atoms with Crippen molar-refractivity contribution in [3.63, 3.8) is 0 Å². The third-order valence-electron chi connectivity index (χ3n) is 4.90. The smallest absolute Gasteiger partial charge is 0.265 e. The second-order valence-electron chi connectivity index (χ2n) is 6.19. The molecule has 2 aliphatic carbocycles. The normalized spacial score (nSPS) is 29.8. The number of rotatable bonds is 6.